The van der Waals surface area contributed by atoms with Crippen molar-refractivity contribution in [2.24, 2.45) is 5.73 Å². The zero-order chi connectivity index (χ0) is 13.5. The monoisotopic (exact) mass is 263 g/mol. The Morgan fingerprint density at radius 2 is 1.95 bits per heavy atom. The van der Waals surface area contributed by atoms with Crippen molar-refractivity contribution in [2.75, 3.05) is 39.4 Å². The summed E-state index contributed by atoms with van der Waals surface area (Å²) >= 11 is 0. The maximum atomic E-state index is 10.9. The van der Waals surface area contributed by atoms with Gasteiger partial charge in [-0.15, -0.1) is 0 Å². The van der Waals surface area contributed by atoms with Crippen molar-refractivity contribution in [3.63, 3.8) is 0 Å². The van der Waals surface area contributed by atoms with Crippen LogP contribution in [-0.4, -0.2) is 50.2 Å². The number of hydrogen-bond donors (Lipinski definition) is 2. The molecule has 3 N–H and O–H groups in total. The molecule has 1 heterocycles. The first-order chi connectivity index (χ1) is 9.25. The second-order valence-electron chi connectivity index (χ2n) is 4.69. The molecule has 0 saturated carbocycles. The molecule has 1 fully saturated rings. The van der Waals surface area contributed by atoms with E-state index < -0.39 is 0 Å². The highest BCUT2D eigenvalue weighted by atomic mass is 16.5. The SMILES string of the molecule is NC(=O)c1ccc(CNCCN2CCOCC2)cc1. The average Bonchev–Trinajstić information content (AvgIpc) is 2.45. The predicted octanol–water partition coefficient (Wildman–Crippen LogP) is 0.207. The third-order valence-corrected chi connectivity index (χ3v) is 3.28. The highest BCUT2D eigenvalue weighted by Crippen LogP contribution is 2.03. The van der Waals surface area contributed by atoms with Crippen LogP contribution in [0.5, 0.6) is 0 Å². The Bertz CT molecular complexity index is 400. The van der Waals surface area contributed by atoms with Crippen molar-refractivity contribution < 1.29 is 9.53 Å². The van der Waals surface area contributed by atoms with Gasteiger partial charge in [0.05, 0.1) is 13.2 Å². The second-order valence-corrected chi connectivity index (χ2v) is 4.69. The van der Waals surface area contributed by atoms with Crippen LogP contribution in [0.2, 0.25) is 0 Å². The number of morpholine rings is 1. The number of nitrogens with one attached hydrogen (secondary N) is 1. The summed E-state index contributed by atoms with van der Waals surface area (Å²) in [5.74, 6) is -0.383. The van der Waals surface area contributed by atoms with E-state index in [0.29, 0.717) is 5.56 Å². The summed E-state index contributed by atoms with van der Waals surface area (Å²) in [5.41, 5.74) is 6.91. The number of amides is 1. The normalized spacial score (nSPS) is 16.4. The third-order valence-electron chi connectivity index (χ3n) is 3.28. The van der Waals surface area contributed by atoms with Gasteiger partial charge in [0.2, 0.25) is 5.91 Å². The van der Waals surface area contributed by atoms with Gasteiger partial charge in [-0.05, 0) is 17.7 Å². The molecule has 104 valence electrons. The molecule has 2 rings (SSSR count). The molecule has 1 aromatic rings. The fourth-order valence-electron chi connectivity index (χ4n) is 2.08. The number of benzene rings is 1. The number of nitrogens with zero attached hydrogens (tertiary/aromatic N) is 1. The molecule has 0 atom stereocenters. The van der Waals surface area contributed by atoms with Crippen molar-refractivity contribution in [3.05, 3.63) is 35.4 Å². The number of hydrogen-bond acceptors (Lipinski definition) is 4. The Kier molecular flexibility index (Phi) is 5.32. The summed E-state index contributed by atoms with van der Waals surface area (Å²) in [6, 6.07) is 7.40. The lowest BCUT2D eigenvalue weighted by Gasteiger charge is -2.26. The minimum Gasteiger partial charge on any atom is -0.379 e. The molecule has 1 aromatic carbocycles. The summed E-state index contributed by atoms with van der Waals surface area (Å²) in [5, 5.41) is 3.40. The zero-order valence-electron chi connectivity index (χ0n) is 11.1. The van der Waals surface area contributed by atoms with Gasteiger partial charge in [0, 0.05) is 38.3 Å². The molecule has 1 aliphatic heterocycles. The standard InChI is InChI=1S/C14H21N3O2/c15-14(18)13-3-1-12(2-4-13)11-16-5-6-17-7-9-19-10-8-17/h1-4,16H,5-11H2,(H2,15,18). The molecule has 1 aliphatic rings. The molecular weight excluding hydrogens is 242 g/mol. The Hall–Kier alpha value is -1.43. The Morgan fingerprint density at radius 1 is 1.26 bits per heavy atom. The van der Waals surface area contributed by atoms with Crippen LogP contribution >= 0.6 is 0 Å². The first-order valence-corrected chi connectivity index (χ1v) is 6.65. The first-order valence-electron chi connectivity index (χ1n) is 6.65. The van der Waals surface area contributed by atoms with E-state index in [-0.39, 0.29) is 5.91 Å². The van der Waals surface area contributed by atoms with Gasteiger partial charge in [-0.25, -0.2) is 0 Å². The lowest BCUT2D eigenvalue weighted by Crippen LogP contribution is -2.40. The maximum absolute atomic E-state index is 10.9. The van der Waals surface area contributed by atoms with Gasteiger partial charge in [0.15, 0.2) is 0 Å². The van der Waals surface area contributed by atoms with Crippen LogP contribution in [0.3, 0.4) is 0 Å². The van der Waals surface area contributed by atoms with Crippen LogP contribution in [-0.2, 0) is 11.3 Å². The van der Waals surface area contributed by atoms with Gasteiger partial charge < -0.3 is 15.8 Å². The zero-order valence-corrected chi connectivity index (χ0v) is 11.1. The molecular formula is C14H21N3O2. The number of rotatable bonds is 6. The maximum Gasteiger partial charge on any atom is 0.248 e. The van der Waals surface area contributed by atoms with Crippen LogP contribution in [0, 0.1) is 0 Å². The van der Waals surface area contributed by atoms with Crippen molar-refractivity contribution in [2.45, 2.75) is 6.54 Å². The molecule has 0 unspecified atom stereocenters. The van der Waals surface area contributed by atoms with Crippen molar-refractivity contribution in [1.82, 2.24) is 10.2 Å². The van der Waals surface area contributed by atoms with Crippen LogP contribution in [0.1, 0.15) is 15.9 Å². The van der Waals surface area contributed by atoms with E-state index in [0.717, 1.165) is 51.5 Å². The Morgan fingerprint density at radius 3 is 2.58 bits per heavy atom. The van der Waals surface area contributed by atoms with Crippen molar-refractivity contribution >= 4 is 5.91 Å². The average molecular weight is 263 g/mol. The number of carbonyl (C=O) groups is 1. The van der Waals surface area contributed by atoms with Gasteiger partial charge in [-0.1, -0.05) is 12.1 Å². The summed E-state index contributed by atoms with van der Waals surface area (Å²) < 4.78 is 5.31. The van der Waals surface area contributed by atoms with E-state index in [1.54, 1.807) is 12.1 Å². The smallest absolute Gasteiger partial charge is 0.248 e. The number of primary amides is 1. The van der Waals surface area contributed by atoms with Gasteiger partial charge in [-0.2, -0.15) is 0 Å². The minimum absolute atomic E-state index is 0.383. The summed E-state index contributed by atoms with van der Waals surface area (Å²) in [7, 11) is 0. The van der Waals surface area contributed by atoms with E-state index in [1.807, 2.05) is 12.1 Å². The van der Waals surface area contributed by atoms with E-state index in [2.05, 4.69) is 10.2 Å². The van der Waals surface area contributed by atoms with Crippen LogP contribution in [0.25, 0.3) is 0 Å². The molecule has 0 aromatic heterocycles. The van der Waals surface area contributed by atoms with Crippen molar-refractivity contribution in [3.8, 4) is 0 Å². The molecule has 0 bridgehead atoms. The highest BCUT2D eigenvalue weighted by Gasteiger charge is 2.08. The van der Waals surface area contributed by atoms with Crippen LogP contribution < -0.4 is 11.1 Å². The second kappa shape index (κ2) is 7.23. The minimum atomic E-state index is -0.383. The fraction of sp³-hybridized carbons (Fsp3) is 0.500. The molecule has 1 saturated heterocycles. The van der Waals surface area contributed by atoms with Crippen LogP contribution in [0.4, 0.5) is 0 Å². The molecule has 1 amide bonds. The lowest BCUT2D eigenvalue weighted by molar-refractivity contribution is 0.0384. The van der Waals surface area contributed by atoms with Gasteiger partial charge in [0.25, 0.3) is 0 Å². The predicted molar refractivity (Wildman–Crippen MR) is 73.9 cm³/mol. The summed E-state index contributed by atoms with van der Waals surface area (Å²) in [4.78, 5) is 13.3. The van der Waals surface area contributed by atoms with E-state index in [1.165, 1.54) is 0 Å². The number of nitrogens with two attached hydrogens (primary N) is 1. The molecule has 0 radical (unpaired) electrons. The topological polar surface area (TPSA) is 67.6 Å². The quantitative estimate of drug-likeness (QED) is 0.720. The number of carbonyl (C=O) groups excluding carboxylic acids is 1. The van der Waals surface area contributed by atoms with Gasteiger partial charge >= 0.3 is 0 Å². The van der Waals surface area contributed by atoms with Crippen molar-refractivity contribution in [1.29, 1.82) is 0 Å². The molecule has 19 heavy (non-hydrogen) atoms. The molecule has 5 heteroatoms. The number of ether oxygens (including phenoxy) is 1. The third kappa shape index (κ3) is 4.63. The molecule has 5 nitrogen and oxygen atoms in total. The molecule has 0 spiro atoms. The fourth-order valence-corrected chi connectivity index (χ4v) is 2.08. The van der Waals surface area contributed by atoms with E-state index in [4.69, 9.17) is 10.5 Å². The van der Waals surface area contributed by atoms with E-state index >= 15 is 0 Å². The Balaban J connectivity index is 1.66. The highest BCUT2D eigenvalue weighted by molar-refractivity contribution is 5.92. The first kappa shape index (κ1) is 14.0. The van der Waals surface area contributed by atoms with Crippen LogP contribution in [0.15, 0.2) is 24.3 Å². The van der Waals surface area contributed by atoms with Gasteiger partial charge in [-0.3, -0.25) is 9.69 Å². The van der Waals surface area contributed by atoms with E-state index in [9.17, 15) is 4.79 Å². The largest absolute Gasteiger partial charge is 0.379 e. The molecule has 0 aliphatic carbocycles. The summed E-state index contributed by atoms with van der Waals surface area (Å²) in [6.07, 6.45) is 0. The lowest BCUT2D eigenvalue weighted by atomic mass is 10.1. The Labute approximate surface area is 113 Å². The van der Waals surface area contributed by atoms with Gasteiger partial charge in [0.1, 0.15) is 0 Å². The summed E-state index contributed by atoms with van der Waals surface area (Å²) in [6.45, 7) is 6.54.